The number of benzene rings is 3. The first-order chi connectivity index (χ1) is 15.1. The van der Waals surface area contributed by atoms with Gasteiger partial charge in [-0.15, -0.1) is 0 Å². The van der Waals surface area contributed by atoms with Crippen LogP contribution >= 0.6 is 15.9 Å². The van der Waals surface area contributed by atoms with E-state index in [4.69, 9.17) is 14.7 Å². The minimum atomic E-state index is 0.518. The molecule has 0 fully saturated rings. The fourth-order valence-corrected chi connectivity index (χ4v) is 3.26. The van der Waals surface area contributed by atoms with Crippen molar-refractivity contribution in [3.05, 3.63) is 95.0 Å². The van der Waals surface area contributed by atoms with Gasteiger partial charge in [0, 0.05) is 22.6 Å². The smallest absolute Gasteiger partial charge is 0.247 e. The van der Waals surface area contributed by atoms with Crippen molar-refractivity contribution in [3.8, 4) is 28.3 Å². The maximum atomic E-state index is 5.20. The summed E-state index contributed by atoms with van der Waals surface area (Å²) >= 11 is 3.49. The van der Waals surface area contributed by atoms with Crippen molar-refractivity contribution in [1.29, 1.82) is 0 Å². The number of ether oxygens (including phenoxy) is 1. The van der Waals surface area contributed by atoms with Crippen LogP contribution in [0.3, 0.4) is 0 Å². The average molecular weight is 473 g/mol. The fourth-order valence-electron chi connectivity index (χ4n) is 3.00. The summed E-state index contributed by atoms with van der Waals surface area (Å²) in [5.74, 6) is 1.33. The summed E-state index contributed by atoms with van der Waals surface area (Å²) in [6.45, 7) is 0. The Labute approximate surface area is 190 Å². The van der Waals surface area contributed by atoms with E-state index in [1.54, 1.807) is 18.3 Å². The highest BCUT2D eigenvalue weighted by molar-refractivity contribution is 9.10. The lowest BCUT2D eigenvalue weighted by atomic mass is 10.1. The standard InChI is InChI=1S/C25H21BrN4O/c1-30(27-17-18-8-14-22(31-2)15-9-18)25-28-23(19-6-4-3-5-7-19)16-24(29-25)20-10-12-21(26)13-11-20/h3-17H,1-2H3/b27-17-. The van der Waals surface area contributed by atoms with Crippen LogP contribution in [0.25, 0.3) is 22.5 Å². The van der Waals surface area contributed by atoms with E-state index in [1.807, 2.05) is 92.0 Å². The minimum absolute atomic E-state index is 0.518. The van der Waals surface area contributed by atoms with Crippen molar-refractivity contribution in [3.63, 3.8) is 0 Å². The van der Waals surface area contributed by atoms with Gasteiger partial charge < -0.3 is 4.74 Å². The topological polar surface area (TPSA) is 50.6 Å². The lowest BCUT2D eigenvalue weighted by Gasteiger charge is -2.14. The summed E-state index contributed by atoms with van der Waals surface area (Å²) in [5, 5.41) is 6.22. The first-order valence-electron chi connectivity index (χ1n) is 9.74. The Morgan fingerprint density at radius 2 is 1.45 bits per heavy atom. The summed E-state index contributed by atoms with van der Waals surface area (Å²) < 4.78 is 6.23. The van der Waals surface area contributed by atoms with Gasteiger partial charge in [0.2, 0.25) is 5.95 Å². The van der Waals surface area contributed by atoms with Crippen LogP contribution in [0.5, 0.6) is 5.75 Å². The van der Waals surface area contributed by atoms with E-state index >= 15 is 0 Å². The van der Waals surface area contributed by atoms with Crippen LogP contribution < -0.4 is 9.75 Å². The quantitative estimate of drug-likeness (QED) is 0.253. The van der Waals surface area contributed by atoms with Crippen LogP contribution in [0.2, 0.25) is 0 Å². The number of methoxy groups -OCH3 is 1. The van der Waals surface area contributed by atoms with Crippen LogP contribution in [0.15, 0.2) is 94.5 Å². The van der Waals surface area contributed by atoms with Crippen LogP contribution in [0.4, 0.5) is 5.95 Å². The second-order valence-electron chi connectivity index (χ2n) is 6.85. The molecular formula is C25H21BrN4O. The van der Waals surface area contributed by atoms with Crippen LogP contribution in [0, 0.1) is 0 Å². The third-order valence-electron chi connectivity index (χ3n) is 4.71. The molecule has 0 atom stereocenters. The Balaban J connectivity index is 1.70. The SMILES string of the molecule is COc1ccc(/C=N\N(C)c2nc(-c3ccccc3)cc(-c3ccc(Br)cc3)n2)cc1. The van der Waals surface area contributed by atoms with Gasteiger partial charge in [0.05, 0.1) is 24.7 Å². The average Bonchev–Trinajstić information content (AvgIpc) is 2.83. The van der Waals surface area contributed by atoms with Gasteiger partial charge in [-0.3, -0.25) is 0 Å². The molecule has 0 N–H and O–H groups in total. The van der Waals surface area contributed by atoms with Crippen LogP contribution in [-0.4, -0.2) is 30.3 Å². The lowest BCUT2D eigenvalue weighted by Crippen LogP contribution is -2.13. The molecule has 4 rings (SSSR count). The number of hydrogen-bond acceptors (Lipinski definition) is 5. The molecular weight excluding hydrogens is 452 g/mol. The van der Waals surface area contributed by atoms with Crippen molar-refractivity contribution >= 4 is 28.1 Å². The lowest BCUT2D eigenvalue weighted by molar-refractivity contribution is 0.415. The molecule has 6 heteroatoms. The van der Waals surface area contributed by atoms with Gasteiger partial charge in [-0.2, -0.15) is 5.10 Å². The third-order valence-corrected chi connectivity index (χ3v) is 5.24. The van der Waals surface area contributed by atoms with E-state index in [0.29, 0.717) is 5.95 Å². The molecule has 0 unspecified atom stereocenters. The molecule has 0 aliphatic rings. The largest absolute Gasteiger partial charge is 0.497 e. The molecule has 5 nitrogen and oxygen atoms in total. The van der Waals surface area contributed by atoms with E-state index in [0.717, 1.165) is 38.3 Å². The summed E-state index contributed by atoms with van der Waals surface area (Å²) in [6.07, 6.45) is 1.78. The molecule has 0 saturated heterocycles. The normalized spacial score (nSPS) is 10.9. The van der Waals surface area contributed by atoms with Gasteiger partial charge in [-0.05, 0) is 48.0 Å². The van der Waals surface area contributed by atoms with E-state index in [9.17, 15) is 0 Å². The molecule has 0 radical (unpaired) electrons. The number of hydrazone groups is 1. The molecule has 0 bridgehead atoms. The summed E-state index contributed by atoms with van der Waals surface area (Å²) in [4.78, 5) is 9.52. The van der Waals surface area contributed by atoms with Gasteiger partial charge in [-0.1, -0.05) is 58.4 Å². The zero-order valence-corrected chi connectivity index (χ0v) is 18.8. The second-order valence-corrected chi connectivity index (χ2v) is 7.77. The Hall–Kier alpha value is -3.51. The van der Waals surface area contributed by atoms with Crippen LogP contribution in [-0.2, 0) is 0 Å². The Morgan fingerprint density at radius 3 is 2.06 bits per heavy atom. The summed E-state index contributed by atoms with van der Waals surface area (Å²) in [6, 6.07) is 27.9. The van der Waals surface area contributed by atoms with Gasteiger partial charge in [0.25, 0.3) is 0 Å². The predicted octanol–water partition coefficient (Wildman–Crippen LogP) is 6.05. The Morgan fingerprint density at radius 1 is 0.839 bits per heavy atom. The number of nitrogens with zero attached hydrogens (tertiary/aromatic N) is 4. The van der Waals surface area contributed by atoms with Crippen molar-refractivity contribution in [2.24, 2.45) is 5.10 Å². The maximum Gasteiger partial charge on any atom is 0.247 e. The van der Waals surface area contributed by atoms with E-state index in [2.05, 4.69) is 21.0 Å². The predicted molar refractivity (Wildman–Crippen MR) is 130 cm³/mol. The monoisotopic (exact) mass is 472 g/mol. The van der Waals surface area contributed by atoms with E-state index in [1.165, 1.54) is 0 Å². The first-order valence-corrected chi connectivity index (χ1v) is 10.5. The first kappa shape index (κ1) is 20.8. The molecule has 0 amide bonds. The molecule has 0 aliphatic carbocycles. The Kier molecular flexibility index (Phi) is 6.38. The van der Waals surface area contributed by atoms with Crippen molar-refractivity contribution < 1.29 is 4.74 Å². The highest BCUT2D eigenvalue weighted by Crippen LogP contribution is 2.27. The number of hydrogen-bond donors (Lipinski definition) is 0. The molecule has 0 saturated carbocycles. The van der Waals surface area contributed by atoms with Gasteiger partial charge in [-0.25, -0.2) is 15.0 Å². The molecule has 1 heterocycles. The van der Waals surface area contributed by atoms with E-state index in [-0.39, 0.29) is 0 Å². The van der Waals surface area contributed by atoms with Crippen molar-refractivity contribution in [2.45, 2.75) is 0 Å². The number of rotatable bonds is 6. The van der Waals surface area contributed by atoms with Gasteiger partial charge in [0.15, 0.2) is 0 Å². The minimum Gasteiger partial charge on any atom is -0.497 e. The molecule has 4 aromatic rings. The molecule has 3 aromatic carbocycles. The van der Waals surface area contributed by atoms with Gasteiger partial charge >= 0.3 is 0 Å². The zero-order valence-electron chi connectivity index (χ0n) is 17.2. The van der Waals surface area contributed by atoms with Gasteiger partial charge in [0.1, 0.15) is 5.75 Å². The number of anilines is 1. The number of halogens is 1. The van der Waals surface area contributed by atoms with Crippen molar-refractivity contribution in [2.75, 3.05) is 19.2 Å². The van der Waals surface area contributed by atoms with E-state index < -0.39 is 0 Å². The third kappa shape index (κ3) is 5.16. The molecule has 0 spiro atoms. The highest BCUT2D eigenvalue weighted by Gasteiger charge is 2.11. The molecule has 1 aromatic heterocycles. The summed E-state index contributed by atoms with van der Waals surface area (Å²) in [7, 11) is 3.49. The Bertz CT molecular complexity index is 1180. The second kappa shape index (κ2) is 9.53. The zero-order chi connectivity index (χ0) is 21.6. The molecule has 31 heavy (non-hydrogen) atoms. The summed E-state index contributed by atoms with van der Waals surface area (Å²) in [5.41, 5.74) is 4.67. The van der Waals surface area contributed by atoms with Crippen molar-refractivity contribution in [1.82, 2.24) is 9.97 Å². The number of aromatic nitrogens is 2. The maximum absolute atomic E-state index is 5.20. The van der Waals surface area contributed by atoms with Crippen LogP contribution in [0.1, 0.15) is 5.56 Å². The highest BCUT2D eigenvalue weighted by atomic mass is 79.9. The fraction of sp³-hybridized carbons (Fsp3) is 0.0800. The molecule has 154 valence electrons. The molecule has 0 aliphatic heterocycles.